The first-order valence-corrected chi connectivity index (χ1v) is 6.13. The van der Waals surface area contributed by atoms with Crippen molar-refractivity contribution in [3.63, 3.8) is 0 Å². The normalized spacial score (nSPS) is 21.9. The second kappa shape index (κ2) is 5.10. The summed E-state index contributed by atoms with van der Waals surface area (Å²) >= 11 is 6.04. The smallest absolute Gasteiger partial charge is 0.169 e. The van der Waals surface area contributed by atoms with Crippen LogP contribution in [0.4, 0.5) is 0 Å². The Morgan fingerprint density at radius 2 is 2.06 bits per heavy atom. The summed E-state index contributed by atoms with van der Waals surface area (Å²) in [6.45, 7) is 5.71. The van der Waals surface area contributed by atoms with Gasteiger partial charge in [0.15, 0.2) is 5.82 Å². The lowest BCUT2D eigenvalue weighted by Gasteiger charge is -2.28. The number of halogens is 1. The van der Waals surface area contributed by atoms with E-state index in [0.717, 1.165) is 31.9 Å². The molecule has 0 saturated carbocycles. The van der Waals surface area contributed by atoms with E-state index in [1.165, 1.54) is 0 Å². The molecule has 2 unspecified atom stereocenters. The minimum absolute atomic E-state index is 0.155. The summed E-state index contributed by atoms with van der Waals surface area (Å²) in [5, 5.41) is 11.6. The maximum absolute atomic E-state index is 6.04. The number of alkyl halides is 1. The largest absolute Gasteiger partial charge is 0.381 e. The van der Waals surface area contributed by atoms with Gasteiger partial charge in [0.25, 0.3) is 0 Å². The van der Waals surface area contributed by atoms with Crippen LogP contribution in [0.5, 0.6) is 0 Å². The molecular formula is C10H17ClN4O. The third-order valence-corrected chi connectivity index (χ3v) is 3.40. The average Bonchev–Trinajstić information content (AvgIpc) is 2.78. The summed E-state index contributed by atoms with van der Waals surface area (Å²) in [4.78, 5) is 0. The summed E-state index contributed by atoms with van der Waals surface area (Å²) in [6, 6.07) is 0.287. The van der Waals surface area contributed by atoms with E-state index in [0.29, 0.717) is 5.92 Å². The molecule has 0 N–H and O–H groups in total. The molecule has 1 aromatic rings. The summed E-state index contributed by atoms with van der Waals surface area (Å²) in [5.41, 5.74) is 0. The number of hydrogen-bond donors (Lipinski definition) is 0. The molecule has 2 atom stereocenters. The van der Waals surface area contributed by atoms with E-state index in [2.05, 4.69) is 22.4 Å². The fourth-order valence-corrected chi connectivity index (χ4v) is 2.29. The zero-order valence-electron chi connectivity index (χ0n) is 9.64. The van der Waals surface area contributed by atoms with Gasteiger partial charge in [-0.25, -0.2) is 4.68 Å². The Morgan fingerprint density at radius 1 is 1.38 bits per heavy atom. The van der Waals surface area contributed by atoms with Gasteiger partial charge >= 0.3 is 0 Å². The van der Waals surface area contributed by atoms with Crippen molar-refractivity contribution in [1.82, 2.24) is 20.2 Å². The standard InChI is InChI=1S/C10H17ClN4O/c1-7(11)10-12-13-14-15(10)8(2)9-3-5-16-6-4-9/h7-9H,3-6H2,1-2H3. The maximum Gasteiger partial charge on any atom is 0.169 e. The second-order valence-electron chi connectivity index (χ2n) is 4.29. The van der Waals surface area contributed by atoms with E-state index in [1.54, 1.807) is 0 Å². The molecule has 1 aliphatic rings. The molecule has 1 saturated heterocycles. The molecule has 0 bridgehead atoms. The van der Waals surface area contributed by atoms with Gasteiger partial charge in [0, 0.05) is 13.2 Å². The van der Waals surface area contributed by atoms with Crippen LogP contribution in [-0.2, 0) is 4.74 Å². The minimum atomic E-state index is -0.155. The average molecular weight is 245 g/mol. The molecule has 2 heterocycles. The highest BCUT2D eigenvalue weighted by Gasteiger charge is 2.25. The Bertz CT molecular complexity index is 335. The fraction of sp³-hybridized carbons (Fsp3) is 0.900. The molecule has 0 aromatic carbocycles. The Balaban J connectivity index is 2.12. The molecule has 2 rings (SSSR count). The number of rotatable bonds is 3. The van der Waals surface area contributed by atoms with Crippen LogP contribution in [0.25, 0.3) is 0 Å². The molecule has 1 fully saturated rings. The molecule has 0 amide bonds. The Hall–Kier alpha value is -0.680. The lowest BCUT2D eigenvalue weighted by atomic mass is 9.93. The molecular weight excluding hydrogens is 228 g/mol. The van der Waals surface area contributed by atoms with E-state index in [-0.39, 0.29) is 11.4 Å². The number of nitrogens with zero attached hydrogens (tertiary/aromatic N) is 4. The van der Waals surface area contributed by atoms with Crippen molar-refractivity contribution in [2.24, 2.45) is 5.92 Å². The third-order valence-electron chi connectivity index (χ3n) is 3.21. The van der Waals surface area contributed by atoms with Gasteiger partial charge < -0.3 is 4.74 Å². The zero-order valence-corrected chi connectivity index (χ0v) is 10.4. The monoisotopic (exact) mass is 244 g/mol. The highest BCUT2D eigenvalue weighted by atomic mass is 35.5. The maximum atomic E-state index is 6.04. The van der Waals surface area contributed by atoms with Crippen molar-refractivity contribution in [3.8, 4) is 0 Å². The SMILES string of the molecule is CC(Cl)c1nnnn1C(C)C1CCOCC1. The van der Waals surface area contributed by atoms with Crippen LogP contribution < -0.4 is 0 Å². The Labute approximate surface area is 100 Å². The van der Waals surface area contributed by atoms with Gasteiger partial charge in [0.05, 0.1) is 11.4 Å². The van der Waals surface area contributed by atoms with Gasteiger partial charge in [-0.05, 0) is 43.0 Å². The van der Waals surface area contributed by atoms with Gasteiger partial charge in [0.1, 0.15) is 0 Å². The molecule has 16 heavy (non-hydrogen) atoms. The van der Waals surface area contributed by atoms with Crippen molar-refractivity contribution < 1.29 is 4.74 Å². The van der Waals surface area contributed by atoms with Gasteiger partial charge in [-0.15, -0.1) is 16.7 Å². The van der Waals surface area contributed by atoms with E-state index in [4.69, 9.17) is 16.3 Å². The van der Waals surface area contributed by atoms with Crippen LogP contribution in [0.2, 0.25) is 0 Å². The van der Waals surface area contributed by atoms with Crippen molar-refractivity contribution in [1.29, 1.82) is 0 Å². The first-order chi connectivity index (χ1) is 7.70. The van der Waals surface area contributed by atoms with Crippen molar-refractivity contribution in [3.05, 3.63) is 5.82 Å². The summed E-state index contributed by atoms with van der Waals surface area (Å²) in [6.07, 6.45) is 2.13. The third kappa shape index (κ3) is 2.35. The predicted octanol–water partition coefficient (Wildman–Crippen LogP) is 1.96. The summed E-state index contributed by atoms with van der Waals surface area (Å²) < 4.78 is 7.21. The van der Waals surface area contributed by atoms with Gasteiger partial charge in [-0.2, -0.15) is 0 Å². The molecule has 0 spiro atoms. The number of ether oxygens (including phenoxy) is 1. The number of aromatic nitrogens is 4. The van der Waals surface area contributed by atoms with Gasteiger partial charge in [-0.3, -0.25) is 0 Å². The molecule has 0 radical (unpaired) electrons. The Morgan fingerprint density at radius 3 is 2.69 bits per heavy atom. The van der Waals surface area contributed by atoms with Crippen LogP contribution in [0, 0.1) is 5.92 Å². The molecule has 5 nitrogen and oxygen atoms in total. The van der Waals surface area contributed by atoms with Crippen LogP contribution in [0.3, 0.4) is 0 Å². The second-order valence-corrected chi connectivity index (χ2v) is 4.94. The molecule has 6 heteroatoms. The number of tetrazole rings is 1. The topological polar surface area (TPSA) is 52.8 Å². The van der Waals surface area contributed by atoms with Gasteiger partial charge in [0.2, 0.25) is 0 Å². The van der Waals surface area contributed by atoms with Crippen LogP contribution in [0.1, 0.15) is 43.9 Å². The highest BCUT2D eigenvalue weighted by molar-refractivity contribution is 6.20. The van der Waals surface area contributed by atoms with Crippen LogP contribution in [0.15, 0.2) is 0 Å². The molecule has 1 aliphatic heterocycles. The molecule has 1 aromatic heterocycles. The van der Waals surface area contributed by atoms with E-state index >= 15 is 0 Å². The van der Waals surface area contributed by atoms with Gasteiger partial charge in [-0.1, -0.05) is 0 Å². The van der Waals surface area contributed by atoms with Crippen molar-refractivity contribution >= 4 is 11.6 Å². The molecule has 0 aliphatic carbocycles. The van der Waals surface area contributed by atoms with E-state index < -0.39 is 0 Å². The van der Waals surface area contributed by atoms with E-state index in [1.807, 2.05) is 11.6 Å². The minimum Gasteiger partial charge on any atom is -0.381 e. The Kier molecular flexibility index (Phi) is 3.76. The quantitative estimate of drug-likeness (QED) is 0.763. The van der Waals surface area contributed by atoms with Crippen molar-refractivity contribution in [2.45, 2.75) is 38.1 Å². The summed E-state index contributed by atoms with van der Waals surface area (Å²) in [7, 11) is 0. The highest BCUT2D eigenvalue weighted by Crippen LogP contribution is 2.29. The first-order valence-electron chi connectivity index (χ1n) is 5.69. The predicted molar refractivity (Wildman–Crippen MR) is 60.3 cm³/mol. The lowest BCUT2D eigenvalue weighted by molar-refractivity contribution is 0.0488. The fourth-order valence-electron chi connectivity index (χ4n) is 2.15. The van der Waals surface area contributed by atoms with Crippen molar-refractivity contribution in [2.75, 3.05) is 13.2 Å². The molecule has 90 valence electrons. The zero-order chi connectivity index (χ0) is 11.5. The van der Waals surface area contributed by atoms with Crippen LogP contribution >= 0.6 is 11.6 Å². The summed E-state index contributed by atoms with van der Waals surface area (Å²) in [5.74, 6) is 1.33. The van der Waals surface area contributed by atoms with Crippen LogP contribution in [-0.4, -0.2) is 33.4 Å². The van der Waals surface area contributed by atoms with E-state index in [9.17, 15) is 0 Å². The number of hydrogen-bond acceptors (Lipinski definition) is 4. The first kappa shape index (κ1) is 11.8. The lowest BCUT2D eigenvalue weighted by Crippen LogP contribution is -2.26.